The van der Waals surface area contributed by atoms with Crippen LogP contribution in [0, 0.1) is 5.92 Å². The number of hydrogen-bond donors (Lipinski definition) is 1. The van der Waals surface area contributed by atoms with E-state index in [2.05, 4.69) is 12.2 Å². The molecule has 0 aromatic heterocycles. The van der Waals surface area contributed by atoms with Gasteiger partial charge in [-0.25, -0.2) is 0 Å². The first-order valence-corrected chi connectivity index (χ1v) is 6.73. The van der Waals surface area contributed by atoms with Gasteiger partial charge in [0, 0.05) is 25.4 Å². The Bertz CT molecular complexity index is 282. The SMILES string of the molecule is CC(CNC1CC1)CN1C(=O)CCCCC1=O. The van der Waals surface area contributed by atoms with E-state index in [1.807, 2.05) is 0 Å². The number of hydrogen-bond acceptors (Lipinski definition) is 3. The maximum absolute atomic E-state index is 11.8. The lowest BCUT2D eigenvalue weighted by Gasteiger charge is -2.23. The molecule has 1 heterocycles. The van der Waals surface area contributed by atoms with Crippen molar-refractivity contribution >= 4 is 11.8 Å². The van der Waals surface area contributed by atoms with Crippen LogP contribution in [0.15, 0.2) is 0 Å². The van der Waals surface area contributed by atoms with Crippen molar-refractivity contribution in [2.75, 3.05) is 13.1 Å². The highest BCUT2D eigenvalue weighted by atomic mass is 16.2. The van der Waals surface area contributed by atoms with Crippen molar-refractivity contribution < 1.29 is 9.59 Å². The molecule has 17 heavy (non-hydrogen) atoms. The van der Waals surface area contributed by atoms with Gasteiger partial charge >= 0.3 is 0 Å². The van der Waals surface area contributed by atoms with E-state index in [1.54, 1.807) is 0 Å². The molecule has 1 aliphatic carbocycles. The maximum atomic E-state index is 11.8. The molecule has 2 rings (SSSR count). The van der Waals surface area contributed by atoms with Crippen molar-refractivity contribution in [3.8, 4) is 0 Å². The molecule has 96 valence electrons. The first-order chi connectivity index (χ1) is 8.16. The third kappa shape index (κ3) is 3.80. The van der Waals surface area contributed by atoms with Crippen LogP contribution in [-0.4, -0.2) is 35.8 Å². The van der Waals surface area contributed by atoms with E-state index in [-0.39, 0.29) is 11.8 Å². The fourth-order valence-corrected chi connectivity index (χ4v) is 2.20. The van der Waals surface area contributed by atoms with Crippen LogP contribution in [0.3, 0.4) is 0 Å². The monoisotopic (exact) mass is 238 g/mol. The first-order valence-electron chi connectivity index (χ1n) is 6.73. The summed E-state index contributed by atoms with van der Waals surface area (Å²) in [5, 5.41) is 3.44. The van der Waals surface area contributed by atoms with Crippen molar-refractivity contribution in [3.63, 3.8) is 0 Å². The van der Waals surface area contributed by atoms with Gasteiger partial charge in [-0.3, -0.25) is 14.5 Å². The van der Waals surface area contributed by atoms with Gasteiger partial charge in [0.1, 0.15) is 0 Å². The summed E-state index contributed by atoms with van der Waals surface area (Å²) in [6.45, 7) is 3.58. The largest absolute Gasteiger partial charge is 0.314 e. The van der Waals surface area contributed by atoms with E-state index in [1.165, 1.54) is 17.7 Å². The first kappa shape index (κ1) is 12.6. The molecule has 1 atom stereocenters. The van der Waals surface area contributed by atoms with Crippen LogP contribution < -0.4 is 5.32 Å². The third-order valence-electron chi connectivity index (χ3n) is 3.46. The second-order valence-electron chi connectivity index (χ2n) is 5.39. The summed E-state index contributed by atoms with van der Waals surface area (Å²) < 4.78 is 0. The van der Waals surface area contributed by atoms with E-state index in [0.29, 0.717) is 31.3 Å². The fourth-order valence-electron chi connectivity index (χ4n) is 2.20. The molecule has 0 aromatic rings. The Hall–Kier alpha value is -0.900. The van der Waals surface area contributed by atoms with Gasteiger partial charge in [0.15, 0.2) is 0 Å². The number of likely N-dealkylation sites (tertiary alicyclic amines) is 1. The Morgan fingerprint density at radius 2 is 1.82 bits per heavy atom. The normalized spacial score (nSPS) is 23.7. The number of carbonyl (C=O) groups excluding carboxylic acids is 2. The summed E-state index contributed by atoms with van der Waals surface area (Å²) in [5.74, 6) is 0.387. The van der Waals surface area contributed by atoms with Gasteiger partial charge in [-0.05, 0) is 38.1 Å². The van der Waals surface area contributed by atoms with Crippen LogP contribution >= 0.6 is 0 Å². The molecule has 1 N–H and O–H groups in total. The molecule has 0 spiro atoms. The number of rotatable bonds is 5. The zero-order valence-corrected chi connectivity index (χ0v) is 10.6. The zero-order valence-electron chi connectivity index (χ0n) is 10.6. The lowest BCUT2D eigenvalue weighted by molar-refractivity contribution is -0.144. The number of nitrogens with zero attached hydrogens (tertiary/aromatic N) is 1. The molecular weight excluding hydrogens is 216 g/mol. The van der Waals surface area contributed by atoms with Gasteiger partial charge in [0.05, 0.1) is 0 Å². The van der Waals surface area contributed by atoms with E-state index in [9.17, 15) is 9.59 Å². The summed E-state index contributed by atoms with van der Waals surface area (Å²) in [7, 11) is 0. The van der Waals surface area contributed by atoms with Crippen LogP contribution in [0.4, 0.5) is 0 Å². The van der Waals surface area contributed by atoms with E-state index >= 15 is 0 Å². The molecule has 1 unspecified atom stereocenters. The lowest BCUT2D eigenvalue weighted by Crippen LogP contribution is -2.40. The average Bonchev–Trinajstić information content (AvgIpc) is 3.11. The topological polar surface area (TPSA) is 49.4 Å². The smallest absolute Gasteiger partial charge is 0.229 e. The van der Waals surface area contributed by atoms with Gasteiger partial charge in [-0.15, -0.1) is 0 Å². The van der Waals surface area contributed by atoms with Gasteiger partial charge in [-0.1, -0.05) is 6.92 Å². The highest BCUT2D eigenvalue weighted by Gasteiger charge is 2.26. The summed E-state index contributed by atoms with van der Waals surface area (Å²) in [5.41, 5.74) is 0. The minimum absolute atomic E-state index is 0.0192. The minimum atomic E-state index is 0.0192. The minimum Gasteiger partial charge on any atom is -0.314 e. The molecule has 0 bridgehead atoms. The summed E-state index contributed by atoms with van der Waals surface area (Å²) in [4.78, 5) is 25.1. The lowest BCUT2D eigenvalue weighted by atomic mass is 10.1. The third-order valence-corrected chi connectivity index (χ3v) is 3.46. The molecule has 2 fully saturated rings. The van der Waals surface area contributed by atoms with E-state index in [4.69, 9.17) is 0 Å². The number of amides is 2. The second kappa shape index (κ2) is 5.63. The van der Waals surface area contributed by atoms with Crippen molar-refractivity contribution in [3.05, 3.63) is 0 Å². The number of carbonyl (C=O) groups is 2. The molecule has 1 saturated heterocycles. The predicted molar refractivity (Wildman–Crippen MR) is 65.4 cm³/mol. The molecule has 2 amide bonds. The van der Waals surface area contributed by atoms with Gasteiger partial charge in [0.2, 0.25) is 11.8 Å². The Morgan fingerprint density at radius 3 is 2.35 bits per heavy atom. The highest BCUT2D eigenvalue weighted by Crippen LogP contribution is 2.19. The van der Waals surface area contributed by atoms with Crippen LogP contribution in [0.5, 0.6) is 0 Å². The maximum Gasteiger partial charge on any atom is 0.229 e. The Kier molecular flexibility index (Phi) is 4.15. The number of nitrogens with one attached hydrogen (secondary N) is 1. The average molecular weight is 238 g/mol. The Balaban J connectivity index is 1.80. The van der Waals surface area contributed by atoms with Crippen LogP contribution in [0.2, 0.25) is 0 Å². The molecule has 4 nitrogen and oxygen atoms in total. The predicted octanol–water partition coefficient (Wildman–Crippen LogP) is 1.30. The standard InChI is InChI=1S/C13H22N2O2/c1-10(8-14-11-6-7-11)9-15-12(16)4-2-3-5-13(15)17/h10-11,14H,2-9H2,1H3. The van der Waals surface area contributed by atoms with Crippen LogP contribution in [-0.2, 0) is 9.59 Å². The van der Waals surface area contributed by atoms with Crippen LogP contribution in [0.1, 0.15) is 45.4 Å². The Morgan fingerprint density at radius 1 is 1.24 bits per heavy atom. The fraction of sp³-hybridized carbons (Fsp3) is 0.846. The number of imide groups is 1. The van der Waals surface area contributed by atoms with Gasteiger partial charge < -0.3 is 5.32 Å². The van der Waals surface area contributed by atoms with Crippen molar-refractivity contribution in [2.24, 2.45) is 5.92 Å². The van der Waals surface area contributed by atoms with Crippen molar-refractivity contribution in [1.82, 2.24) is 10.2 Å². The molecule has 0 radical (unpaired) electrons. The second-order valence-corrected chi connectivity index (χ2v) is 5.39. The highest BCUT2D eigenvalue weighted by molar-refractivity contribution is 5.96. The van der Waals surface area contributed by atoms with Crippen molar-refractivity contribution in [1.29, 1.82) is 0 Å². The van der Waals surface area contributed by atoms with Crippen LogP contribution in [0.25, 0.3) is 0 Å². The molecule has 1 saturated carbocycles. The molecular formula is C13H22N2O2. The summed E-state index contributed by atoms with van der Waals surface area (Å²) in [6, 6.07) is 0.688. The van der Waals surface area contributed by atoms with Gasteiger partial charge in [-0.2, -0.15) is 0 Å². The summed E-state index contributed by atoms with van der Waals surface area (Å²) in [6.07, 6.45) is 5.33. The van der Waals surface area contributed by atoms with E-state index in [0.717, 1.165) is 19.4 Å². The quantitative estimate of drug-likeness (QED) is 0.735. The van der Waals surface area contributed by atoms with Gasteiger partial charge in [0.25, 0.3) is 0 Å². The molecule has 4 heteroatoms. The Labute approximate surface area is 103 Å². The van der Waals surface area contributed by atoms with Crippen molar-refractivity contribution in [2.45, 2.75) is 51.5 Å². The molecule has 1 aliphatic heterocycles. The zero-order chi connectivity index (χ0) is 12.3. The summed E-state index contributed by atoms with van der Waals surface area (Å²) >= 11 is 0. The molecule has 0 aromatic carbocycles. The molecule has 2 aliphatic rings. The van der Waals surface area contributed by atoms with E-state index < -0.39 is 0 Å².